The van der Waals surface area contributed by atoms with Crippen molar-refractivity contribution in [1.82, 2.24) is 14.7 Å². The summed E-state index contributed by atoms with van der Waals surface area (Å²) in [6.45, 7) is 8.53. The van der Waals surface area contributed by atoms with Crippen LogP contribution in [0.4, 0.5) is 0 Å². The lowest BCUT2D eigenvalue weighted by molar-refractivity contribution is -0.0155. The molecule has 3 aliphatic heterocycles. The minimum absolute atomic E-state index is 0.329. The van der Waals surface area contributed by atoms with Crippen LogP contribution in [0.3, 0.4) is 0 Å². The summed E-state index contributed by atoms with van der Waals surface area (Å²) in [7, 11) is 4.39. The van der Waals surface area contributed by atoms with Crippen LogP contribution in [0.25, 0.3) is 0 Å². The summed E-state index contributed by atoms with van der Waals surface area (Å²) in [4.78, 5) is 7.76. The van der Waals surface area contributed by atoms with Crippen molar-refractivity contribution >= 4 is 0 Å². The van der Waals surface area contributed by atoms with Gasteiger partial charge in [0.05, 0.1) is 0 Å². The first-order valence-corrected chi connectivity index (χ1v) is 8.46. The highest BCUT2D eigenvalue weighted by Gasteiger charge is 2.49. The third-order valence-corrected chi connectivity index (χ3v) is 6.11. The van der Waals surface area contributed by atoms with Gasteiger partial charge >= 0.3 is 0 Å². The Hall–Kier alpha value is -0.160. The zero-order valence-electron chi connectivity index (χ0n) is 13.4. The average Bonchev–Trinajstić information content (AvgIpc) is 2.84. The first-order chi connectivity index (χ1) is 9.64. The zero-order chi connectivity index (χ0) is 14.2. The molecule has 0 amide bonds. The van der Waals surface area contributed by atoms with Crippen molar-refractivity contribution in [2.24, 2.45) is 17.6 Å². The van der Waals surface area contributed by atoms with Crippen LogP contribution >= 0.6 is 0 Å². The molecule has 0 aliphatic carbocycles. The molecular formula is C16H32N4. The molecule has 0 aromatic rings. The molecule has 4 heteroatoms. The Morgan fingerprint density at radius 2 is 1.85 bits per heavy atom. The summed E-state index contributed by atoms with van der Waals surface area (Å²) in [6, 6.07) is 0. The molecule has 0 saturated carbocycles. The van der Waals surface area contributed by atoms with Crippen molar-refractivity contribution in [2.75, 3.05) is 59.9 Å². The molecule has 2 N–H and O–H groups in total. The molecule has 3 saturated heterocycles. The monoisotopic (exact) mass is 280 g/mol. The predicted molar refractivity (Wildman–Crippen MR) is 83.8 cm³/mol. The summed E-state index contributed by atoms with van der Waals surface area (Å²) < 4.78 is 0. The largest absolute Gasteiger partial charge is 0.329 e. The molecule has 2 bridgehead atoms. The van der Waals surface area contributed by atoms with Gasteiger partial charge in [0, 0.05) is 25.2 Å². The van der Waals surface area contributed by atoms with Gasteiger partial charge in [-0.3, -0.25) is 4.90 Å². The van der Waals surface area contributed by atoms with Crippen LogP contribution < -0.4 is 5.73 Å². The maximum atomic E-state index is 6.30. The lowest BCUT2D eigenvalue weighted by atomic mass is 9.76. The van der Waals surface area contributed by atoms with Gasteiger partial charge in [0.25, 0.3) is 0 Å². The van der Waals surface area contributed by atoms with Gasteiger partial charge in [-0.05, 0) is 77.8 Å². The van der Waals surface area contributed by atoms with Crippen molar-refractivity contribution in [3.63, 3.8) is 0 Å². The fourth-order valence-electron chi connectivity index (χ4n) is 4.92. The van der Waals surface area contributed by atoms with Gasteiger partial charge in [-0.15, -0.1) is 0 Å². The van der Waals surface area contributed by atoms with Crippen molar-refractivity contribution in [2.45, 2.75) is 31.2 Å². The molecule has 3 fully saturated rings. The Morgan fingerprint density at radius 1 is 1.10 bits per heavy atom. The van der Waals surface area contributed by atoms with E-state index in [4.69, 9.17) is 5.73 Å². The minimum Gasteiger partial charge on any atom is -0.329 e. The maximum absolute atomic E-state index is 6.30. The van der Waals surface area contributed by atoms with Crippen molar-refractivity contribution in [3.05, 3.63) is 0 Å². The zero-order valence-corrected chi connectivity index (χ0v) is 13.4. The van der Waals surface area contributed by atoms with Crippen LogP contribution in [-0.4, -0.2) is 80.1 Å². The van der Waals surface area contributed by atoms with Gasteiger partial charge in [-0.2, -0.15) is 0 Å². The first kappa shape index (κ1) is 14.8. The third-order valence-electron chi connectivity index (χ3n) is 6.11. The molecule has 4 nitrogen and oxygen atoms in total. The number of nitrogens with zero attached hydrogens (tertiary/aromatic N) is 3. The van der Waals surface area contributed by atoms with Gasteiger partial charge in [0.2, 0.25) is 0 Å². The van der Waals surface area contributed by atoms with Gasteiger partial charge in [-0.25, -0.2) is 0 Å². The van der Waals surface area contributed by atoms with Crippen LogP contribution in [0.5, 0.6) is 0 Å². The second-order valence-corrected chi connectivity index (χ2v) is 7.54. The molecule has 3 aliphatic rings. The lowest BCUT2D eigenvalue weighted by Crippen LogP contribution is -2.63. The standard InChI is InChI=1S/C16H32N4/c1-18(2)11-14-3-8-20(9-4-14)16(13-17)6-10-19-7-5-15(16)12-19/h14-15H,3-13,17H2,1-2H3. The van der Waals surface area contributed by atoms with Crippen LogP contribution in [0.2, 0.25) is 0 Å². The second kappa shape index (κ2) is 5.91. The Balaban J connectivity index is 1.63. The van der Waals surface area contributed by atoms with Crippen molar-refractivity contribution in [1.29, 1.82) is 0 Å². The van der Waals surface area contributed by atoms with Crippen LogP contribution in [0.15, 0.2) is 0 Å². The van der Waals surface area contributed by atoms with E-state index in [-0.39, 0.29) is 0 Å². The summed E-state index contributed by atoms with van der Waals surface area (Å²) in [5, 5.41) is 0. The highest BCUT2D eigenvalue weighted by Crippen LogP contribution is 2.41. The Morgan fingerprint density at radius 3 is 2.50 bits per heavy atom. The number of piperidine rings is 2. The molecule has 0 spiro atoms. The average molecular weight is 280 g/mol. The van der Waals surface area contributed by atoms with Gasteiger partial charge in [0.15, 0.2) is 0 Å². The number of likely N-dealkylation sites (tertiary alicyclic amines) is 1. The van der Waals surface area contributed by atoms with E-state index < -0.39 is 0 Å². The van der Waals surface area contributed by atoms with Crippen LogP contribution in [0, 0.1) is 11.8 Å². The van der Waals surface area contributed by atoms with E-state index in [2.05, 4.69) is 28.8 Å². The summed E-state index contributed by atoms with van der Waals surface area (Å²) in [5.41, 5.74) is 6.63. The smallest absolute Gasteiger partial charge is 0.0384 e. The quantitative estimate of drug-likeness (QED) is 0.822. The highest BCUT2D eigenvalue weighted by atomic mass is 15.3. The number of hydrogen-bond donors (Lipinski definition) is 1. The van der Waals surface area contributed by atoms with Crippen molar-refractivity contribution < 1.29 is 0 Å². The molecule has 0 aromatic heterocycles. The van der Waals surface area contributed by atoms with Gasteiger partial charge < -0.3 is 15.5 Å². The molecular weight excluding hydrogens is 248 g/mol. The van der Waals surface area contributed by atoms with Gasteiger partial charge in [0.1, 0.15) is 0 Å². The number of hydrogen-bond acceptors (Lipinski definition) is 4. The first-order valence-electron chi connectivity index (χ1n) is 8.46. The van der Waals surface area contributed by atoms with E-state index in [1.807, 2.05) is 0 Å². The lowest BCUT2D eigenvalue weighted by Gasteiger charge is -2.52. The molecule has 0 radical (unpaired) electrons. The Labute approximate surface area is 124 Å². The second-order valence-electron chi connectivity index (χ2n) is 7.54. The van der Waals surface area contributed by atoms with Crippen molar-refractivity contribution in [3.8, 4) is 0 Å². The van der Waals surface area contributed by atoms with Crippen LogP contribution in [-0.2, 0) is 0 Å². The van der Waals surface area contributed by atoms with E-state index in [9.17, 15) is 0 Å². The molecule has 3 rings (SSSR count). The normalized spacial score (nSPS) is 39.6. The third kappa shape index (κ3) is 2.63. The molecule has 116 valence electrons. The number of nitrogens with two attached hydrogens (primary N) is 1. The number of rotatable bonds is 4. The summed E-state index contributed by atoms with van der Waals surface area (Å²) in [5.74, 6) is 1.71. The van der Waals surface area contributed by atoms with E-state index in [1.165, 1.54) is 65.0 Å². The molecule has 3 unspecified atom stereocenters. The minimum atomic E-state index is 0.329. The van der Waals surface area contributed by atoms with Crippen LogP contribution in [0.1, 0.15) is 25.7 Å². The highest BCUT2D eigenvalue weighted by molar-refractivity contribution is 5.05. The Kier molecular flexibility index (Phi) is 4.37. The topological polar surface area (TPSA) is 35.7 Å². The number of fused-ring (bicyclic) bond motifs is 2. The van der Waals surface area contributed by atoms with E-state index in [1.54, 1.807) is 0 Å². The molecule has 20 heavy (non-hydrogen) atoms. The predicted octanol–water partition coefficient (Wildman–Crippen LogP) is 0.683. The molecule has 3 atom stereocenters. The molecule has 3 heterocycles. The fraction of sp³-hybridized carbons (Fsp3) is 1.00. The Bertz CT molecular complexity index is 324. The van der Waals surface area contributed by atoms with E-state index in [0.29, 0.717) is 5.54 Å². The fourth-order valence-corrected chi connectivity index (χ4v) is 4.92. The maximum Gasteiger partial charge on any atom is 0.0384 e. The SMILES string of the molecule is CN(C)CC1CCN(C2(CN)CCN3CCC2C3)CC1. The summed E-state index contributed by atoms with van der Waals surface area (Å²) in [6.07, 6.45) is 5.38. The summed E-state index contributed by atoms with van der Waals surface area (Å²) >= 11 is 0. The van der Waals surface area contributed by atoms with E-state index in [0.717, 1.165) is 18.4 Å². The molecule has 0 aromatic carbocycles. The van der Waals surface area contributed by atoms with E-state index >= 15 is 0 Å². The van der Waals surface area contributed by atoms with Gasteiger partial charge in [-0.1, -0.05) is 0 Å².